The van der Waals surface area contributed by atoms with Gasteiger partial charge in [0.25, 0.3) is 0 Å². The lowest BCUT2D eigenvalue weighted by atomic mass is 10.00. The summed E-state index contributed by atoms with van der Waals surface area (Å²) in [6.07, 6.45) is 8.66. The Morgan fingerprint density at radius 2 is 1.70 bits per heavy atom. The van der Waals surface area contributed by atoms with Crippen LogP contribution in [0.1, 0.15) is 75.6 Å². The topological polar surface area (TPSA) is 23.8 Å². The molecule has 0 radical (unpaired) electrons. The number of hydrogen-bond donors (Lipinski definition) is 0. The molecule has 0 saturated carbocycles. The maximum atomic E-state index is 9.01. The van der Waals surface area contributed by atoms with Gasteiger partial charge in [-0.3, -0.25) is 0 Å². The Bertz CT molecular complexity index is 521. The summed E-state index contributed by atoms with van der Waals surface area (Å²) in [6.45, 7) is 15.9. The van der Waals surface area contributed by atoms with Crippen molar-refractivity contribution in [3.63, 3.8) is 0 Å². The summed E-state index contributed by atoms with van der Waals surface area (Å²) >= 11 is 3.58. The van der Waals surface area contributed by atoms with E-state index in [9.17, 15) is 0 Å². The molecule has 0 aliphatic heterocycles. The number of benzene rings is 1. The van der Waals surface area contributed by atoms with E-state index in [1.54, 1.807) is 0 Å². The van der Waals surface area contributed by atoms with Gasteiger partial charge in [0.1, 0.15) is 0 Å². The van der Waals surface area contributed by atoms with E-state index in [0.29, 0.717) is 0 Å². The predicted octanol–water partition coefficient (Wildman–Crippen LogP) is 7.71. The molecule has 0 heterocycles. The van der Waals surface area contributed by atoms with E-state index in [1.165, 1.54) is 12.0 Å². The third-order valence-corrected chi connectivity index (χ3v) is 3.81. The summed E-state index contributed by atoms with van der Waals surface area (Å²) < 4.78 is 1.09. The van der Waals surface area contributed by atoms with E-state index in [0.717, 1.165) is 40.4 Å². The first-order valence-corrected chi connectivity index (χ1v) is 9.29. The fourth-order valence-electron chi connectivity index (χ4n) is 1.82. The van der Waals surface area contributed by atoms with Crippen LogP contribution < -0.4 is 0 Å². The summed E-state index contributed by atoms with van der Waals surface area (Å²) in [6, 6.07) is 6.25. The zero-order chi connectivity index (χ0) is 18.3. The van der Waals surface area contributed by atoms with Crippen LogP contribution >= 0.6 is 15.9 Å². The molecule has 1 nitrogen and oxygen atoms in total. The van der Waals surface area contributed by atoms with Crippen LogP contribution in [0.2, 0.25) is 0 Å². The molecular formula is C21H32BrN. The minimum atomic E-state index is 0.752. The Morgan fingerprint density at radius 1 is 1.13 bits per heavy atom. The van der Waals surface area contributed by atoms with Crippen molar-refractivity contribution in [1.82, 2.24) is 0 Å². The highest BCUT2D eigenvalue weighted by Gasteiger charge is 2.06. The van der Waals surface area contributed by atoms with Gasteiger partial charge in [-0.1, -0.05) is 74.7 Å². The first kappa shape index (κ1) is 23.9. The first-order valence-electron chi connectivity index (χ1n) is 8.49. The van der Waals surface area contributed by atoms with E-state index in [1.807, 2.05) is 32.9 Å². The Morgan fingerprint density at radius 3 is 2.09 bits per heavy atom. The minimum Gasteiger partial charge on any atom is -0.192 e. The van der Waals surface area contributed by atoms with Gasteiger partial charge in [-0.15, -0.1) is 6.58 Å². The number of halogens is 1. The molecule has 23 heavy (non-hydrogen) atoms. The fraction of sp³-hybridized carbons (Fsp3) is 0.476. The molecule has 0 aliphatic rings. The molecule has 0 fully saturated rings. The molecular weight excluding hydrogens is 346 g/mol. The lowest BCUT2D eigenvalue weighted by molar-refractivity contribution is 0.961. The third kappa shape index (κ3) is 10.1. The second kappa shape index (κ2) is 15.6. The second-order valence-electron chi connectivity index (χ2n) is 5.01. The number of nitriles is 1. The number of allylic oxidation sites excluding steroid dienone is 2. The Kier molecular flexibility index (Phi) is 16.2. The molecule has 0 unspecified atom stereocenters. The van der Waals surface area contributed by atoms with Gasteiger partial charge in [-0.25, -0.2) is 0 Å². The molecule has 128 valence electrons. The van der Waals surface area contributed by atoms with Gasteiger partial charge < -0.3 is 0 Å². The highest BCUT2D eigenvalue weighted by Crippen LogP contribution is 2.27. The van der Waals surface area contributed by atoms with Gasteiger partial charge in [0, 0.05) is 4.48 Å². The Hall–Kier alpha value is -1.33. The number of rotatable bonds is 5. The van der Waals surface area contributed by atoms with Crippen LogP contribution in [0.25, 0.3) is 4.48 Å². The van der Waals surface area contributed by atoms with Crippen molar-refractivity contribution >= 4 is 20.4 Å². The molecule has 0 spiro atoms. The largest absolute Gasteiger partial charge is 0.192 e. The van der Waals surface area contributed by atoms with Gasteiger partial charge in [0.2, 0.25) is 0 Å². The first-order chi connectivity index (χ1) is 11.0. The van der Waals surface area contributed by atoms with Gasteiger partial charge in [0.15, 0.2) is 0 Å². The number of nitrogens with zero attached hydrogens (tertiary/aromatic N) is 1. The van der Waals surface area contributed by atoms with Crippen molar-refractivity contribution in [3.8, 4) is 6.07 Å². The smallest absolute Gasteiger partial charge is 0.0994 e. The summed E-state index contributed by atoms with van der Waals surface area (Å²) in [5, 5.41) is 9.01. The van der Waals surface area contributed by atoms with Crippen LogP contribution in [0.15, 0.2) is 30.9 Å². The lowest BCUT2D eigenvalue weighted by Crippen LogP contribution is -1.90. The highest BCUT2D eigenvalue weighted by molar-refractivity contribution is 9.15. The van der Waals surface area contributed by atoms with Gasteiger partial charge in [-0.05, 0) is 49.4 Å². The van der Waals surface area contributed by atoms with Crippen LogP contribution in [-0.4, -0.2) is 0 Å². The van der Waals surface area contributed by atoms with Crippen LogP contribution in [0, 0.1) is 25.2 Å². The number of hydrogen-bond acceptors (Lipinski definition) is 1. The third-order valence-electron chi connectivity index (χ3n) is 3.05. The van der Waals surface area contributed by atoms with E-state index in [4.69, 9.17) is 5.26 Å². The molecule has 0 amide bonds. The zero-order valence-corrected chi connectivity index (χ0v) is 17.3. The van der Waals surface area contributed by atoms with Crippen LogP contribution in [-0.2, 0) is 0 Å². The zero-order valence-electron chi connectivity index (χ0n) is 15.7. The van der Waals surface area contributed by atoms with Crippen molar-refractivity contribution in [2.45, 2.75) is 67.2 Å². The molecule has 1 rings (SSSR count). The molecule has 2 heteroatoms. The monoisotopic (exact) mass is 377 g/mol. The van der Waals surface area contributed by atoms with Crippen LogP contribution in [0.5, 0.6) is 0 Å². The molecule has 0 bridgehead atoms. The van der Waals surface area contributed by atoms with Crippen LogP contribution in [0.4, 0.5) is 0 Å². The molecule has 1 aromatic carbocycles. The van der Waals surface area contributed by atoms with E-state index < -0.39 is 0 Å². The molecule has 1 aromatic rings. The number of unbranched alkanes of at least 4 members (excludes halogenated alkanes) is 2. The summed E-state index contributed by atoms with van der Waals surface area (Å²) in [4.78, 5) is 0. The standard InChI is InChI=1S/C14H16BrN.C5H10.C2H6/c1-4-5-6-14(15)13-8-12(9-16)10(2)7-11(13)3;1-3-5-4-2;1-2/h6-8H,4-5H2,1-3H3;3H,1,4-5H2,2H3;1-2H3/b14-6+;;. The fourth-order valence-corrected chi connectivity index (χ4v) is 2.47. The van der Waals surface area contributed by atoms with E-state index in [-0.39, 0.29) is 0 Å². The highest BCUT2D eigenvalue weighted by atomic mass is 79.9. The van der Waals surface area contributed by atoms with E-state index in [2.05, 4.69) is 61.5 Å². The predicted molar refractivity (Wildman–Crippen MR) is 109 cm³/mol. The quantitative estimate of drug-likeness (QED) is 0.481. The van der Waals surface area contributed by atoms with E-state index >= 15 is 0 Å². The van der Waals surface area contributed by atoms with Crippen molar-refractivity contribution in [2.75, 3.05) is 0 Å². The molecule has 0 N–H and O–H groups in total. The van der Waals surface area contributed by atoms with Gasteiger partial charge >= 0.3 is 0 Å². The summed E-state index contributed by atoms with van der Waals surface area (Å²) in [7, 11) is 0. The summed E-state index contributed by atoms with van der Waals surface area (Å²) in [5.41, 5.74) is 4.12. The summed E-state index contributed by atoms with van der Waals surface area (Å²) in [5.74, 6) is 0. The van der Waals surface area contributed by atoms with Crippen molar-refractivity contribution < 1.29 is 0 Å². The van der Waals surface area contributed by atoms with Crippen LogP contribution in [0.3, 0.4) is 0 Å². The molecule has 0 aliphatic carbocycles. The Balaban J connectivity index is 0. The maximum absolute atomic E-state index is 9.01. The number of aryl methyl sites for hydroxylation is 2. The average molecular weight is 378 g/mol. The SMILES string of the molecule is C=CCCC.CC.CCC/C=C(/Br)c1cc(C#N)c(C)cc1C. The lowest BCUT2D eigenvalue weighted by Gasteiger charge is -2.08. The normalized spacial score (nSPS) is 9.74. The van der Waals surface area contributed by atoms with Crippen molar-refractivity contribution in [3.05, 3.63) is 53.1 Å². The maximum Gasteiger partial charge on any atom is 0.0994 e. The second-order valence-corrected chi connectivity index (χ2v) is 5.87. The molecule has 0 atom stereocenters. The Labute approximate surface area is 152 Å². The van der Waals surface area contributed by atoms with Gasteiger partial charge in [-0.2, -0.15) is 5.26 Å². The minimum absolute atomic E-state index is 0.752. The van der Waals surface area contributed by atoms with Crippen molar-refractivity contribution in [2.24, 2.45) is 0 Å². The molecule has 0 saturated heterocycles. The average Bonchev–Trinajstić information content (AvgIpc) is 2.56. The van der Waals surface area contributed by atoms with Crippen molar-refractivity contribution in [1.29, 1.82) is 5.26 Å². The van der Waals surface area contributed by atoms with Gasteiger partial charge in [0.05, 0.1) is 11.6 Å². The molecule has 0 aromatic heterocycles.